The molecule has 4 aromatic rings. The lowest BCUT2D eigenvalue weighted by Gasteiger charge is -2.09. The number of aromatic nitrogens is 3. The van der Waals surface area contributed by atoms with Crippen LogP contribution in [0.5, 0.6) is 11.5 Å². The van der Waals surface area contributed by atoms with Gasteiger partial charge in [0.05, 0.1) is 23.0 Å². The zero-order valence-corrected chi connectivity index (χ0v) is 16.4. The van der Waals surface area contributed by atoms with Gasteiger partial charge in [-0.3, -0.25) is 14.9 Å². The molecule has 0 aliphatic carbocycles. The van der Waals surface area contributed by atoms with Gasteiger partial charge in [-0.1, -0.05) is 23.5 Å². The number of nitrogens with one attached hydrogen (secondary N) is 1. The van der Waals surface area contributed by atoms with Gasteiger partial charge in [0.1, 0.15) is 5.75 Å². The number of amides is 1. The third-order valence-electron chi connectivity index (χ3n) is 4.19. The quantitative estimate of drug-likeness (QED) is 0.537. The van der Waals surface area contributed by atoms with Gasteiger partial charge in [0, 0.05) is 6.07 Å². The van der Waals surface area contributed by atoms with Crippen LogP contribution in [-0.4, -0.2) is 32.9 Å². The molecule has 1 amide bonds. The number of nitrogens with zero attached hydrogens (tertiary/aromatic N) is 3. The van der Waals surface area contributed by atoms with Crippen molar-refractivity contribution in [1.29, 1.82) is 0 Å². The van der Waals surface area contributed by atoms with Crippen molar-refractivity contribution in [3.8, 4) is 17.2 Å². The number of rotatable bonds is 4. The lowest BCUT2D eigenvalue weighted by atomic mass is 10.2. The molecule has 0 fully saturated rings. The topological polar surface area (TPSA) is 106 Å². The number of carbonyl (C=O) groups excluding carboxylic acids is 1. The number of anilines is 1. The van der Waals surface area contributed by atoms with E-state index in [1.807, 2.05) is 19.1 Å². The molecule has 8 nitrogen and oxygen atoms in total. The molecule has 0 saturated carbocycles. The molecule has 0 spiro atoms. The molecule has 0 atom stereocenters. The molecule has 146 valence electrons. The van der Waals surface area contributed by atoms with Crippen LogP contribution < -0.4 is 15.6 Å². The summed E-state index contributed by atoms with van der Waals surface area (Å²) in [6.07, 6.45) is 0. The summed E-state index contributed by atoms with van der Waals surface area (Å²) in [7, 11) is 1.57. The second-order valence-corrected chi connectivity index (χ2v) is 7.30. The predicted octanol–water partition coefficient (Wildman–Crippen LogP) is 3.12. The number of fused-ring (bicyclic) bond motifs is 1. The van der Waals surface area contributed by atoms with Gasteiger partial charge in [-0.15, -0.1) is 0 Å². The first kappa shape index (κ1) is 18.6. The van der Waals surface area contributed by atoms with E-state index < -0.39 is 17.2 Å². The van der Waals surface area contributed by atoms with Crippen molar-refractivity contribution < 1.29 is 14.6 Å². The molecule has 4 rings (SSSR count). The summed E-state index contributed by atoms with van der Waals surface area (Å²) in [6.45, 7) is 1.88. The van der Waals surface area contributed by atoms with Gasteiger partial charge >= 0.3 is 0 Å². The Kier molecular flexibility index (Phi) is 4.73. The highest BCUT2D eigenvalue weighted by Gasteiger charge is 2.18. The van der Waals surface area contributed by atoms with E-state index in [-0.39, 0.29) is 5.69 Å². The van der Waals surface area contributed by atoms with Gasteiger partial charge in [0.15, 0.2) is 16.6 Å². The molecule has 0 saturated heterocycles. The molecule has 0 aliphatic rings. The Hall–Kier alpha value is -3.72. The highest BCUT2D eigenvalue weighted by Crippen LogP contribution is 2.29. The number of methoxy groups -OCH3 is 1. The van der Waals surface area contributed by atoms with Gasteiger partial charge in [0.2, 0.25) is 0 Å². The van der Waals surface area contributed by atoms with Crippen molar-refractivity contribution in [2.75, 3.05) is 12.4 Å². The smallest absolute Gasteiger partial charge is 0.281 e. The molecule has 0 unspecified atom stereocenters. The van der Waals surface area contributed by atoms with E-state index in [0.717, 1.165) is 21.0 Å². The third-order valence-corrected chi connectivity index (χ3v) is 5.12. The van der Waals surface area contributed by atoms with Crippen LogP contribution in [0.1, 0.15) is 16.1 Å². The molecule has 2 N–H and O–H groups in total. The summed E-state index contributed by atoms with van der Waals surface area (Å²) in [4.78, 5) is 29.3. The first-order valence-corrected chi connectivity index (χ1v) is 9.42. The SMILES string of the molecule is COc1ccc2nc(NC(=O)c3nn(-c4cccc(C)c4)c(=O)cc3O)sc2c1. The van der Waals surface area contributed by atoms with Crippen molar-refractivity contribution in [3.63, 3.8) is 0 Å². The summed E-state index contributed by atoms with van der Waals surface area (Å²) in [5, 5.41) is 17.1. The Morgan fingerprint density at radius 3 is 2.79 bits per heavy atom. The largest absolute Gasteiger partial charge is 0.505 e. The van der Waals surface area contributed by atoms with Crippen LogP contribution in [-0.2, 0) is 0 Å². The van der Waals surface area contributed by atoms with Crippen LogP contribution in [0.25, 0.3) is 15.9 Å². The van der Waals surface area contributed by atoms with Crippen molar-refractivity contribution in [2.45, 2.75) is 6.92 Å². The molecular formula is C20H16N4O4S. The maximum Gasteiger partial charge on any atom is 0.281 e. The molecule has 0 radical (unpaired) electrons. The van der Waals surface area contributed by atoms with E-state index in [1.54, 1.807) is 37.4 Å². The Morgan fingerprint density at radius 2 is 2.03 bits per heavy atom. The first-order chi connectivity index (χ1) is 13.9. The van der Waals surface area contributed by atoms with E-state index >= 15 is 0 Å². The van der Waals surface area contributed by atoms with Crippen LogP contribution in [0, 0.1) is 6.92 Å². The third kappa shape index (κ3) is 3.67. The second kappa shape index (κ2) is 7.36. The van der Waals surface area contributed by atoms with Crippen molar-refractivity contribution in [1.82, 2.24) is 14.8 Å². The minimum Gasteiger partial charge on any atom is -0.505 e. The van der Waals surface area contributed by atoms with Crippen LogP contribution in [0.4, 0.5) is 5.13 Å². The Balaban J connectivity index is 1.68. The highest BCUT2D eigenvalue weighted by atomic mass is 32.1. The van der Waals surface area contributed by atoms with Crippen molar-refractivity contribution in [2.24, 2.45) is 0 Å². The summed E-state index contributed by atoms with van der Waals surface area (Å²) < 4.78 is 7.10. The molecule has 9 heteroatoms. The second-order valence-electron chi connectivity index (χ2n) is 6.27. The lowest BCUT2D eigenvalue weighted by Crippen LogP contribution is -2.25. The number of aromatic hydroxyl groups is 1. The van der Waals surface area contributed by atoms with Crippen molar-refractivity contribution >= 4 is 32.6 Å². The lowest BCUT2D eigenvalue weighted by molar-refractivity contribution is 0.101. The zero-order chi connectivity index (χ0) is 20.5. The predicted molar refractivity (Wildman–Crippen MR) is 110 cm³/mol. The molecule has 2 aromatic heterocycles. The van der Waals surface area contributed by atoms with E-state index in [1.165, 1.54) is 11.3 Å². The van der Waals surface area contributed by atoms with E-state index in [9.17, 15) is 14.7 Å². The normalized spacial score (nSPS) is 10.8. The number of ether oxygens (including phenoxy) is 1. The van der Waals surface area contributed by atoms with Crippen LogP contribution in [0.2, 0.25) is 0 Å². The van der Waals surface area contributed by atoms with Crippen LogP contribution >= 0.6 is 11.3 Å². The van der Waals surface area contributed by atoms with Gasteiger partial charge in [-0.2, -0.15) is 9.78 Å². The van der Waals surface area contributed by atoms with E-state index in [4.69, 9.17) is 4.74 Å². The van der Waals surface area contributed by atoms with Crippen molar-refractivity contribution in [3.05, 3.63) is 70.1 Å². The molecule has 29 heavy (non-hydrogen) atoms. The fourth-order valence-electron chi connectivity index (χ4n) is 2.80. The number of aryl methyl sites for hydroxylation is 1. The van der Waals surface area contributed by atoms with Gasteiger partial charge < -0.3 is 9.84 Å². The average molecular weight is 408 g/mol. The van der Waals surface area contributed by atoms with Gasteiger partial charge in [-0.25, -0.2) is 4.98 Å². The number of hydrogen-bond acceptors (Lipinski definition) is 7. The summed E-state index contributed by atoms with van der Waals surface area (Å²) >= 11 is 1.26. The number of carbonyl (C=O) groups is 1. The minimum absolute atomic E-state index is 0.275. The zero-order valence-electron chi connectivity index (χ0n) is 15.5. The van der Waals surface area contributed by atoms with E-state index in [0.29, 0.717) is 22.1 Å². The first-order valence-electron chi connectivity index (χ1n) is 8.61. The Morgan fingerprint density at radius 1 is 1.21 bits per heavy atom. The molecule has 2 aromatic carbocycles. The Labute approximate surface area is 169 Å². The molecule has 2 heterocycles. The number of hydrogen-bond donors (Lipinski definition) is 2. The maximum absolute atomic E-state index is 12.7. The number of thiazole rings is 1. The fraction of sp³-hybridized carbons (Fsp3) is 0.100. The summed E-state index contributed by atoms with van der Waals surface area (Å²) in [5.74, 6) is -0.488. The standard InChI is InChI=1S/C20H16N4O4S/c1-11-4-3-5-12(8-11)24-17(26)10-15(25)18(23-24)19(27)22-20-21-14-7-6-13(28-2)9-16(14)29-20/h3-10,25H,1-2H3,(H,21,22,27). The summed E-state index contributed by atoms with van der Waals surface area (Å²) in [6, 6.07) is 13.5. The molecular weight excluding hydrogens is 392 g/mol. The van der Waals surface area contributed by atoms with E-state index in [2.05, 4.69) is 15.4 Å². The fourth-order valence-corrected chi connectivity index (χ4v) is 3.68. The number of benzene rings is 2. The summed E-state index contributed by atoms with van der Waals surface area (Å²) in [5.41, 5.74) is 1.31. The monoisotopic (exact) mass is 408 g/mol. The maximum atomic E-state index is 12.7. The van der Waals surface area contributed by atoms with Crippen LogP contribution in [0.3, 0.4) is 0 Å². The minimum atomic E-state index is -0.671. The van der Waals surface area contributed by atoms with Gasteiger partial charge in [-0.05, 0) is 42.8 Å². The van der Waals surface area contributed by atoms with Crippen LogP contribution in [0.15, 0.2) is 53.3 Å². The Bertz CT molecular complexity index is 1300. The highest BCUT2D eigenvalue weighted by molar-refractivity contribution is 7.22. The molecule has 0 bridgehead atoms. The average Bonchev–Trinajstić information content (AvgIpc) is 3.09. The van der Waals surface area contributed by atoms with Gasteiger partial charge in [0.25, 0.3) is 11.5 Å². The molecule has 0 aliphatic heterocycles.